The maximum atomic E-state index is 13.5. The van der Waals surface area contributed by atoms with Gasteiger partial charge < -0.3 is 89.9 Å². The lowest BCUT2D eigenvalue weighted by molar-refractivity contribution is -0.379. The second kappa shape index (κ2) is 74.9. The second-order valence-corrected chi connectivity index (χ2v) is 31.7. The van der Waals surface area contributed by atoms with Crippen molar-refractivity contribution < 1.29 is 89.4 Å². The van der Waals surface area contributed by atoms with Crippen LogP contribution in [0.1, 0.15) is 309 Å². The van der Waals surface area contributed by atoms with Crippen molar-refractivity contribution in [3.63, 3.8) is 0 Å². The molecule has 17 unspecified atom stereocenters. The molecular formula is C98H163NO18. The van der Waals surface area contributed by atoms with Gasteiger partial charge in [0.05, 0.1) is 38.6 Å². The molecular weight excluding hydrogens is 1480 g/mol. The van der Waals surface area contributed by atoms with Gasteiger partial charge in [0.25, 0.3) is 0 Å². The molecule has 0 aromatic rings. The van der Waals surface area contributed by atoms with E-state index in [2.05, 4.69) is 177 Å². The van der Waals surface area contributed by atoms with Crippen molar-refractivity contribution in [3.05, 3.63) is 170 Å². The van der Waals surface area contributed by atoms with E-state index in [1.807, 2.05) is 6.08 Å². The number of carbonyl (C=O) groups excluding carboxylic acids is 1. The zero-order valence-corrected chi connectivity index (χ0v) is 72.1. The Hall–Kier alpha value is -4.85. The fourth-order valence-corrected chi connectivity index (χ4v) is 14.2. The molecule has 3 rings (SSSR count). The summed E-state index contributed by atoms with van der Waals surface area (Å²) in [4.78, 5) is 13.5. The van der Waals surface area contributed by atoms with E-state index in [0.29, 0.717) is 12.8 Å². The number of hydrogen-bond acceptors (Lipinski definition) is 18. The Labute approximate surface area is 707 Å². The van der Waals surface area contributed by atoms with Crippen molar-refractivity contribution in [1.82, 2.24) is 5.32 Å². The van der Waals surface area contributed by atoms with Crippen molar-refractivity contribution in [2.75, 3.05) is 26.4 Å². The van der Waals surface area contributed by atoms with Crippen molar-refractivity contribution in [2.24, 2.45) is 0 Å². The van der Waals surface area contributed by atoms with E-state index in [1.165, 1.54) is 135 Å². The summed E-state index contributed by atoms with van der Waals surface area (Å²) < 4.78 is 34.5. The van der Waals surface area contributed by atoms with Crippen molar-refractivity contribution >= 4 is 5.91 Å². The van der Waals surface area contributed by atoms with Crippen LogP contribution in [0.25, 0.3) is 0 Å². The molecule has 668 valence electrons. The van der Waals surface area contributed by atoms with Gasteiger partial charge in [-0.1, -0.05) is 344 Å². The summed E-state index contributed by atoms with van der Waals surface area (Å²) in [5.41, 5.74) is 0. The van der Waals surface area contributed by atoms with E-state index in [-0.39, 0.29) is 18.9 Å². The number of ether oxygens (including phenoxy) is 6. The summed E-state index contributed by atoms with van der Waals surface area (Å²) in [5, 5.41) is 121. The minimum Gasteiger partial charge on any atom is -0.394 e. The summed E-state index contributed by atoms with van der Waals surface area (Å²) in [6, 6.07) is -1.02. The van der Waals surface area contributed by atoms with Gasteiger partial charge in [-0.2, -0.15) is 0 Å². The lowest BCUT2D eigenvalue weighted by atomic mass is 9.96. The van der Waals surface area contributed by atoms with Crippen LogP contribution in [0.5, 0.6) is 0 Å². The molecule has 0 bridgehead atoms. The Kier molecular flexibility index (Phi) is 68.1. The highest BCUT2D eigenvalue weighted by Gasteiger charge is 2.54. The fourth-order valence-electron chi connectivity index (χ4n) is 14.2. The van der Waals surface area contributed by atoms with E-state index in [0.717, 1.165) is 141 Å². The molecule has 3 saturated heterocycles. The Morgan fingerprint density at radius 2 is 0.598 bits per heavy atom. The summed E-state index contributed by atoms with van der Waals surface area (Å²) in [7, 11) is 0. The first-order chi connectivity index (χ1) is 57.3. The van der Waals surface area contributed by atoms with Gasteiger partial charge in [-0.15, -0.1) is 0 Å². The molecule has 117 heavy (non-hydrogen) atoms. The van der Waals surface area contributed by atoms with Gasteiger partial charge in [0, 0.05) is 6.42 Å². The van der Waals surface area contributed by atoms with E-state index < -0.39 is 124 Å². The Balaban J connectivity index is 1.35. The number of amides is 1. The fraction of sp³-hybridized carbons (Fsp3) is 0.704. The zero-order valence-electron chi connectivity index (χ0n) is 72.1. The molecule has 19 heteroatoms. The van der Waals surface area contributed by atoms with Gasteiger partial charge in [0.15, 0.2) is 18.9 Å². The number of aliphatic hydroxyl groups is 11. The minimum atomic E-state index is -1.99. The van der Waals surface area contributed by atoms with E-state index in [1.54, 1.807) is 6.08 Å². The van der Waals surface area contributed by atoms with Gasteiger partial charge in [-0.25, -0.2) is 0 Å². The van der Waals surface area contributed by atoms with Crippen LogP contribution >= 0.6 is 0 Å². The molecule has 1 amide bonds. The molecule has 0 aromatic heterocycles. The molecule has 12 N–H and O–H groups in total. The number of unbranched alkanes of at least 4 members (excludes halogenated alkanes) is 30. The third kappa shape index (κ3) is 52.9. The van der Waals surface area contributed by atoms with Gasteiger partial charge in [-0.05, 0) is 128 Å². The first kappa shape index (κ1) is 106. The van der Waals surface area contributed by atoms with Gasteiger partial charge in [0.1, 0.15) is 73.2 Å². The van der Waals surface area contributed by atoms with Gasteiger partial charge in [-0.3, -0.25) is 4.79 Å². The highest BCUT2D eigenvalue weighted by molar-refractivity contribution is 5.76. The predicted octanol–water partition coefficient (Wildman–Crippen LogP) is 18.1. The number of nitrogens with one attached hydrogen (secondary N) is 1. The first-order valence-electron chi connectivity index (χ1n) is 45.9. The molecule has 0 radical (unpaired) electrons. The van der Waals surface area contributed by atoms with Crippen LogP contribution < -0.4 is 5.32 Å². The number of hydrogen-bond donors (Lipinski definition) is 12. The smallest absolute Gasteiger partial charge is 0.220 e. The van der Waals surface area contributed by atoms with Crippen molar-refractivity contribution in [1.29, 1.82) is 0 Å². The average Bonchev–Trinajstić information content (AvgIpc) is 0.778. The van der Waals surface area contributed by atoms with Gasteiger partial charge >= 0.3 is 0 Å². The maximum Gasteiger partial charge on any atom is 0.220 e. The lowest BCUT2D eigenvalue weighted by Gasteiger charge is -2.48. The Bertz CT molecular complexity index is 2780. The summed E-state index contributed by atoms with van der Waals surface area (Å²) in [5.74, 6) is -0.305. The molecule has 0 aromatic carbocycles. The van der Waals surface area contributed by atoms with Crippen molar-refractivity contribution in [3.8, 4) is 0 Å². The molecule has 17 atom stereocenters. The zero-order chi connectivity index (χ0) is 84.5. The largest absolute Gasteiger partial charge is 0.394 e. The summed E-state index contributed by atoms with van der Waals surface area (Å²) >= 11 is 0. The second-order valence-electron chi connectivity index (χ2n) is 31.7. The SMILES string of the molecule is CC/C=C\C/C=C\C/C=C\C/C=C\C/C=C\C/C=C\C/C=C\C/C=C\C/C=C\C/C=C\C/C=C\CCCCCCCCCC(=O)NC(COC1OC(CO)C(OC2OC(CO)C(OC3OC(CO)C(O)C(O)C3O)C(O)C2O)C(O)C1O)C(O)/C=C/CC/C=C/CC/C=C/CCCCCCCCCCCCCCCCCCCCCCC. The molecule has 3 heterocycles. The molecule has 19 nitrogen and oxygen atoms in total. The van der Waals surface area contributed by atoms with Crippen LogP contribution in [0.15, 0.2) is 170 Å². The first-order valence-corrected chi connectivity index (χ1v) is 45.9. The molecule has 0 aliphatic carbocycles. The van der Waals surface area contributed by atoms with Gasteiger partial charge in [0.2, 0.25) is 5.91 Å². The van der Waals surface area contributed by atoms with Crippen molar-refractivity contribution in [2.45, 2.75) is 413 Å². The standard InChI is InChI=1S/C98H163NO18/c1-3-5-7-9-11-13-15-17-19-21-23-25-27-29-31-33-35-36-37-38-39-40-41-42-43-44-46-48-50-52-54-56-58-60-62-64-66-68-70-72-74-76-86(104)99-81(82(103)75-73-71-69-67-65-63-61-59-57-55-53-51-49-47-45-34-32-30-28-26-24-22-20-18-16-14-12-10-8-6-4-2)80-112-96-92(110)89(107)94(84(78-101)114-96)117-98-93(111)90(108)95(85(79-102)115-98)116-97-91(109)88(106)87(105)83(77-100)113-97/h5,7,11,13,17,19,23,25,29,31,35-36,38-39,41-42,44,46,50,52,56-59,65,67,73,75,81-85,87-98,100-103,105-111H,3-4,6,8-10,12,14-16,18,20-22,24,26-28,30,32-34,37,40,43,45,47-49,51,53-55,60-64,66,68-72,74,76-80H2,1-2H3,(H,99,104)/b7-5-,13-11-,19-17-,25-23-,31-29-,36-35-,39-38-,42-41-,46-44-,52-50-,58-56-,59-57+,67-65+,75-73+. The maximum absolute atomic E-state index is 13.5. The third-order valence-corrected chi connectivity index (χ3v) is 21.5. The van der Waals surface area contributed by atoms with Crippen LogP contribution in [0.2, 0.25) is 0 Å². The number of allylic oxidation sites excluding steroid dienone is 27. The number of aliphatic hydroxyl groups excluding tert-OH is 11. The molecule has 3 fully saturated rings. The minimum absolute atomic E-state index is 0.208. The molecule has 3 aliphatic rings. The number of carbonyl (C=O) groups is 1. The summed E-state index contributed by atoms with van der Waals surface area (Å²) in [6.07, 6.45) is 86.4. The normalized spacial score (nSPS) is 25.2. The molecule has 0 spiro atoms. The Morgan fingerprint density at radius 3 is 0.957 bits per heavy atom. The molecule has 3 aliphatic heterocycles. The lowest BCUT2D eigenvalue weighted by Crippen LogP contribution is -2.66. The monoisotopic (exact) mass is 1640 g/mol. The van der Waals surface area contributed by atoms with E-state index in [4.69, 9.17) is 28.4 Å². The topological polar surface area (TPSA) is 307 Å². The van der Waals surface area contributed by atoms with E-state index >= 15 is 0 Å². The van der Waals surface area contributed by atoms with Crippen LogP contribution in [-0.4, -0.2) is 193 Å². The highest BCUT2D eigenvalue weighted by Crippen LogP contribution is 2.33. The molecule has 0 saturated carbocycles. The average molecular weight is 1640 g/mol. The van der Waals surface area contributed by atoms with Crippen LogP contribution in [-0.2, 0) is 33.2 Å². The quantitative estimate of drug-likeness (QED) is 0.0199. The number of rotatable bonds is 72. The highest BCUT2D eigenvalue weighted by atomic mass is 16.8. The van der Waals surface area contributed by atoms with Crippen LogP contribution in [0.4, 0.5) is 0 Å². The van der Waals surface area contributed by atoms with Crippen LogP contribution in [0, 0.1) is 0 Å². The Morgan fingerprint density at radius 1 is 0.316 bits per heavy atom. The summed E-state index contributed by atoms with van der Waals surface area (Å²) in [6.45, 7) is 1.60. The third-order valence-electron chi connectivity index (χ3n) is 21.5. The van der Waals surface area contributed by atoms with Crippen LogP contribution in [0.3, 0.4) is 0 Å². The van der Waals surface area contributed by atoms with E-state index in [9.17, 15) is 61.0 Å². The predicted molar refractivity (Wildman–Crippen MR) is 475 cm³/mol.